The van der Waals surface area contributed by atoms with Crippen molar-refractivity contribution < 1.29 is 19.5 Å². The van der Waals surface area contributed by atoms with Gasteiger partial charge < -0.3 is 9.90 Å². The summed E-state index contributed by atoms with van der Waals surface area (Å²) in [5.41, 5.74) is 4.31. The summed E-state index contributed by atoms with van der Waals surface area (Å²) in [7, 11) is 0. The highest BCUT2D eigenvalue weighted by atomic mass is 32.2. The fraction of sp³-hybridized carbons (Fsp3) is 0.348. The average molecular weight is 406 g/mol. The number of imide groups is 1. The van der Waals surface area contributed by atoms with Crippen LogP contribution >= 0.6 is 11.8 Å². The molecule has 3 aliphatic carbocycles. The van der Waals surface area contributed by atoms with Crippen LogP contribution in [0, 0.1) is 11.8 Å². The third-order valence-corrected chi connectivity index (χ3v) is 7.31. The van der Waals surface area contributed by atoms with Gasteiger partial charge in [0.1, 0.15) is 0 Å². The van der Waals surface area contributed by atoms with Gasteiger partial charge in [0.25, 0.3) is 0 Å². The zero-order valence-corrected chi connectivity index (χ0v) is 16.7. The summed E-state index contributed by atoms with van der Waals surface area (Å²) in [5, 5.41) is 11.8. The third-order valence-electron chi connectivity index (χ3n) is 6.66. The maximum absolute atomic E-state index is 13.5. The van der Waals surface area contributed by atoms with E-state index in [-0.39, 0.29) is 30.1 Å². The fourth-order valence-corrected chi connectivity index (χ4v) is 6.05. The molecule has 0 N–H and O–H groups in total. The SMILES string of the molecule is CSCC[C@@H](C(=O)[O-])N1C(=O)[C@@H]2C3c4ccccc4C(c4ccccc43)[C@@H]2C1=O. The van der Waals surface area contributed by atoms with Crippen LogP contribution in [0.25, 0.3) is 0 Å². The van der Waals surface area contributed by atoms with Crippen LogP contribution in [0.1, 0.15) is 40.5 Å². The zero-order valence-electron chi connectivity index (χ0n) is 15.9. The number of carboxylic acids is 1. The molecule has 0 radical (unpaired) electrons. The highest BCUT2D eigenvalue weighted by Crippen LogP contribution is 2.61. The van der Waals surface area contributed by atoms with Crippen molar-refractivity contribution in [3.63, 3.8) is 0 Å². The fourth-order valence-electron chi connectivity index (χ4n) is 5.59. The molecule has 0 spiro atoms. The number of rotatable bonds is 5. The van der Waals surface area contributed by atoms with Crippen LogP contribution in [-0.2, 0) is 14.4 Å². The van der Waals surface area contributed by atoms with Crippen molar-refractivity contribution >= 4 is 29.5 Å². The Morgan fingerprint density at radius 3 is 1.69 bits per heavy atom. The van der Waals surface area contributed by atoms with Crippen LogP contribution < -0.4 is 5.11 Å². The first-order chi connectivity index (χ1) is 14.1. The zero-order chi connectivity index (χ0) is 20.3. The minimum atomic E-state index is -1.36. The van der Waals surface area contributed by atoms with Gasteiger partial charge in [0.15, 0.2) is 0 Å². The van der Waals surface area contributed by atoms with Gasteiger partial charge >= 0.3 is 0 Å². The number of carbonyl (C=O) groups excluding carboxylic acids is 3. The Bertz CT molecular complexity index is 920. The van der Waals surface area contributed by atoms with Gasteiger partial charge in [0.2, 0.25) is 11.8 Å². The molecule has 2 amide bonds. The van der Waals surface area contributed by atoms with Gasteiger partial charge in [-0.2, -0.15) is 11.8 Å². The van der Waals surface area contributed by atoms with Crippen molar-refractivity contribution in [1.29, 1.82) is 0 Å². The van der Waals surface area contributed by atoms with E-state index in [1.165, 1.54) is 11.8 Å². The largest absolute Gasteiger partial charge is 0.548 e. The van der Waals surface area contributed by atoms with Crippen molar-refractivity contribution in [2.24, 2.45) is 11.8 Å². The number of carboxylic acid groups (broad SMARTS) is 1. The Kier molecular flexibility index (Phi) is 4.28. The molecule has 0 unspecified atom stereocenters. The smallest absolute Gasteiger partial charge is 0.234 e. The summed E-state index contributed by atoms with van der Waals surface area (Å²) >= 11 is 1.49. The molecule has 0 aromatic heterocycles. The Hall–Kier alpha value is -2.60. The van der Waals surface area contributed by atoms with Gasteiger partial charge in [-0.3, -0.25) is 14.5 Å². The third kappa shape index (κ3) is 2.45. The lowest BCUT2D eigenvalue weighted by atomic mass is 9.55. The summed E-state index contributed by atoms with van der Waals surface area (Å²) in [5.74, 6) is -3.09. The van der Waals surface area contributed by atoms with Gasteiger partial charge in [0, 0.05) is 11.8 Å². The summed E-state index contributed by atoms with van der Waals surface area (Å²) in [6.45, 7) is 0. The van der Waals surface area contributed by atoms with Crippen LogP contribution in [0.5, 0.6) is 0 Å². The number of carbonyl (C=O) groups is 3. The first kappa shape index (κ1) is 18.4. The first-order valence-electron chi connectivity index (χ1n) is 9.80. The van der Waals surface area contributed by atoms with E-state index in [4.69, 9.17) is 0 Å². The topological polar surface area (TPSA) is 77.5 Å². The predicted octanol–water partition coefficient (Wildman–Crippen LogP) is 1.75. The lowest BCUT2D eigenvalue weighted by molar-refractivity contribution is -0.311. The summed E-state index contributed by atoms with van der Waals surface area (Å²) in [6, 6.07) is 14.7. The van der Waals surface area contributed by atoms with E-state index >= 15 is 0 Å². The van der Waals surface area contributed by atoms with Gasteiger partial charge in [-0.05, 0) is 40.7 Å². The maximum atomic E-state index is 13.5. The van der Waals surface area contributed by atoms with Gasteiger partial charge in [-0.25, -0.2) is 0 Å². The number of thioether (sulfide) groups is 1. The molecule has 6 heteroatoms. The molecular weight excluding hydrogens is 386 g/mol. The highest BCUT2D eigenvalue weighted by Gasteiger charge is 2.62. The number of hydrogen-bond acceptors (Lipinski definition) is 5. The number of nitrogens with zero attached hydrogens (tertiary/aromatic N) is 1. The lowest BCUT2D eigenvalue weighted by Crippen LogP contribution is -2.51. The number of aliphatic carboxylic acids is 1. The quantitative estimate of drug-likeness (QED) is 0.707. The molecule has 2 aromatic rings. The number of hydrogen-bond donors (Lipinski definition) is 0. The molecule has 0 saturated carbocycles. The molecule has 1 saturated heterocycles. The van der Waals surface area contributed by atoms with Crippen LogP contribution in [-0.4, -0.2) is 40.7 Å². The standard InChI is InChI=1S/C23H21NO4S/c1-29-11-10-16(23(27)28)24-21(25)19-17-12-6-2-3-7-13(12)18(20(19)22(24)26)15-9-5-4-8-14(15)17/h2-9,16-20H,10-11H2,1H3,(H,27,28)/p-1/t16-,17?,18?,19-,20+/m0/s1. The average Bonchev–Trinajstić information content (AvgIpc) is 3.00. The Morgan fingerprint density at radius 1 is 0.931 bits per heavy atom. The predicted molar refractivity (Wildman–Crippen MR) is 107 cm³/mol. The van der Waals surface area contributed by atoms with E-state index in [1.807, 2.05) is 54.8 Å². The number of benzene rings is 2. The van der Waals surface area contributed by atoms with Crippen molar-refractivity contribution in [2.45, 2.75) is 24.3 Å². The van der Waals surface area contributed by atoms with Crippen molar-refractivity contribution in [3.05, 3.63) is 70.8 Å². The number of amides is 2. The molecule has 1 fully saturated rings. The molecule has 1 aliphatic heterocycles. The molecular formula is C23H20NO4S-. The molecule has 3 atom stereocenters. The van der Waals surface area contributed by atoms with E-state index in [9.17, 15) is 19.5 Å². The normalized spacial score (nSPS) is 27.4. The highest BCUT2D eigenvalue weighted by molar-refractivity contribution is 7.98. The lowest BCUT2D eigenvalue weighted by Gasteiger charge is -2.45. The summed E-state index contributed by atoms with van der Waals surface area (Å²) < 4.78 is 0. The molecule has 29 heavy (non-hydrogen) atoms. The molecule has 4 aliphatic rings. The Labute approximate surface area is 173 Å². The molecule has 2 aromatic carbocycles. The monoisotopic (exact) mass is 406 g/mol. The second-order valence-corrected chi connectivity index (χ2v) is 8.91. The minimum Gasteiger partial charge on any atom is -0.548 e. The minimum absolute atomic E-state index is 0.204. The van der Waals surface area contributed by atoms with E-state index in [0.29, 0.717) is 5.75 Å². The van der Waals surface area contributed by atoms with E-state index < -0.39 is 23.8 Å². The van der Waals surface area contributed by atoms with Crippen molar-refractivity contribution in [2.75, 3.05) is 12.0 Å². The molecule has 1 heterocycles. The van der Waals surface area contributed by atoms with Crippen LogP contribution in [0.2, 0.25) is 0 Å². The second kappa shape index (κ2) is 6.73. The first-order valence-corrected chi connectivity index (χ1v) is 11.2. The van der Waals surface area contributed by atoms with Crippen LogP contribution in [0.15, 0.2) is 48.5 Å². The molecule has 5 nitrogen and oxygen atoms in total. The van der Waals surface area contributed by atoms with Gasteiger partial charge in [-0.1, -0.05) is 48.5 Å². The van der Waals surface area contributed by atoms with Crippen molar-refractivity contribution in [3.8, 4) is 0 Å². The molecule has 148 valence electrons. The van der Waals surface area contributed by atoms with Gasteiger partial charge in [-0.15, -0.1) is 0 Å². The van der Waals surface area contributed by atoms with E-state index in [2.05, 4.69) is 0 Å². The van der Waals surface area contributed by atoms with Crippen LogP contribution in [0.3, 0.4) is 0 Å². The Balaban J connectivity index is 1.65. The summed E-state index contributed by atoms with van der Waals surface area (Å²) in [6.07, 6.45) is 2.07. The van der Waals surface area contributed by atoms with Crippen molar-refractivity contribution in [1.82, 2.24) is 4.90 Å². The van der Waals surface area contributed by atoms with E-state index in [1.54, 1.807) is 0 Å². The maximum Gasteiger partial charge on any atom is 0.234 e. The van der Waals surface area contributed by atoms with Crippen LogP contribution in [0.4, 0.5) is 0 Å². The second-order valence-electron chi connectivity index (χ2n) is 7.93. The molecule has 6 rings (SSSR count). The summed E-state index contributed by atoms with van der Waals surface area (Å²) in [4.78, 5) is 39.8. The number of likely N-dealkylation sites (tertiary alicyclic amines) is 1. The van der Waals surface area contributed by atoms with E-state index in [0.717, 1.165) is 27.2 Å². The Morgan fingerprint density at radius 2 is 1.34 bits per heavy atom. The molecule has 2 bridgehead atoms. The van der Waals surface area contributed by atoms with Gasteiger partial charge in [0.05, 0.1) is 23.8 Å².